The molecule has 1 aromatic carbocycles. The molecule has 0 saturated carbocycles. The Kier molecular flexibility index (Phi) is 5.13. The predicted octanol–water partition coefficient (Wildman–Crippen LogP) is 2.96. The van der Waals surface area contributed by atoms with Crippen molar-refractivity contribution in [2.45, 2.75) is 43.8 Å². The van der Waals surface area contributed by atoms with Gasteiger partial charge in [0.2, 0.25) is 0 Å². The van der Waals surface area contributed by atoms with Crippen molar-refractivity contribution in [2.24, 2.45) is 0 Å². The SMILES string of the molecule is Cl.O=C(NC1CC2CCC(C1)N2)c1cnn(-c2ccc(Cl)cc2)c1. The summed E-state index contributed by atoms with van der Waals surface area (Å²) in [4.78, 5) is 12.4. The monoisotopic (exact) mass is 366 g/mol. The van der Waals surface area contributed by atoms with Crippen LogP contribution in [0.1, 0.15) is 36.0 Å². The molecule has 2 fully saturated rings. The Morgan fingerprint density at radius 3 is 2.54 bits per heavy atom. The molecule has 0 spiro atoms. The maximum atomic E-state index is 12.4. The number of nitrogens with zero attached hydrogens (tertiary/aromatic N) is 2. The van der Waals surface area contributed by atoms with Crippen molar-refractivity contribution < 1.29 is 4.79 Å². The van der Waals surface area contributed by atoms with Crippen LogP contribution in [-0.4, -0.2) is 33.8 Å². The van der Waals surface area contributed by atoms with Gasteiger partial charge in [0.15, 0.2) is 0 Å². The van der Waals surface area contributed by atoms with E-state index in [9.17, 15) is 4.79 Å². The molecule has 2 aliphatic rings. The van der Waals surface area contributed by atoms with E-state index < -0.39 is 0 Å². The maximum Gasteiger partial charge on any atom is 0.254 e. The Morgan fingerprint density at radius 2 is 1.88 bits per heavy atom. The van der Waals surface area contributed by atoms with Gasteiger partial charge in [0.05, 0.1) is 17.4 Å². The molecule has 2 unspecified atom stereocenters. The van der Waals surface area contributed by atoms with Gasteiger partial charge in [-0.3, -0.25) is 4.79 Å². The highest BCUT2D eigenvalue weighted by molar-refractivity contribution is 6.30. The van der Waals surface area contributed by atoms with Crippen LogP contribution in [-0.2, 0) is 0 Å². The van der Waals surface area contributed by atoms with E-state index in [1.54, 1.807) is 17.1 Å². The zero-order valence-electron chi connectivity index (χ0n) is 13.1. The van der Waals surface area contributed by atoms with Crippen molar-refractivity contribution in [1.29, 1.82) is 0 Å². The zero-order chi connectivity index (χ0) is 15.8. The van der Waals surface area contributed by atoms with Crippen LogP contribution in [0.5, 0.6) is 0 Å². The van der Waals surface area contributed by atoms with Gasteiger partial charge in [-0.1, -0.05) is 11.6 Å². The van der Waals surface area contributed by atoms with Crippen molar-refractivity contribution in [2.75, 3.05) is 0 Å². The molecule has 1 aromatic heterocycles. The van der Waals surface area contributed by atoms with Gasteiger partial charge in [0, 0.05) is 29.3 Å². The topological polar surface area (TPSA) is 59.0 Å². The van der Waals surface area contributed by atoms with E-state index in [-0.39, 0.29) is 24.4 Å². The summed E-state index contributed by atoms with van der Waals surface area (Å²) in [6.07, 6.45) is 7.87. The molecule has 0 radical (unpaired) electrons. The summed E-state index contributed by atoms with van der Waals surface area (Å²) < 4.78 is 1.69. The van der Waals surface area contributed by atoms with Gasteiger partial charge >= 0.3 is 0 Å². The second kappa shape index (κ2) is 7.13. The third kappa shape index (κ3) is 3.58. The van der Waals surface area contributed by atoms with Crippen LogP contribution in [0.15, 0.2) is 36.7 Å². The summed E-state index contributed by atoms with van der Waals surface area (Å²) in [5.41, 5.74) is 1.47. The molecule has 2 N–H and O–H groups in total. The van der Waals surface area contributed by atoms with E-state index in [0.29, 0.717) is 22.7 Å². The number of hydrogen-bond donors (Lipinski definition) is 2. The van der Waals surface area contributed by atoms with Gasteiger partial charge < -0.3 is 10.6 Å². The molecule has 128 valence electrons. The van der Waals surface area contributed by atoms with E-state index in [0.717, 1.165) is 18.5 Å². The average molecular weight is 367 g/mol. The summed E-state index contributed by atoms with van der Waals surface area (Å²) in [5.74, 6) is -0.0449. The Hall–Kier alpha value is -1.56. The van der Waals surface area contributed by atoms with Crippen LogP contribution in [0.3, 0.4) is 0 Å². The van der Waals surface area contributed by atoms with Crippen LogP contribution >= 0.6 is 24.0 Å². The number of aromatic nitrogens is 2. The van der Waals surface area contributed by atoms with E-state index in [4.69, 9.17) is 11.6 Å². The molecular weight excluding hydrogens is 347 g/mol. The van der Waals surface area contributed by atoms with Crippen molar-refractivity contribution in [3.05, 3.63) is 47.2 Å². The normalized spacial score (nSPS) is 25.1. The number of carbonyl (C=O) groups is 1. The lowest BCUT2D eigenvalue weighted by molar-refractivity contribution is 0.0924. The number of benzene rings is 1. The number of halogens is 2. The molecule has 7 heteroatoms. The maximum absolute atomic E-state index is 12.4. The Labute approximate surface area is 152 Å². The van der Waals surface area contributed by atoms with Gasteiger partial charge in [-0.05, 0) is 49.9 Å². The molecule has 0 aliphatic carbocycles. The first kappa shape index (κ1) is 17.3. The first-order valence-electron chi connectivity index (χ1n) is 8.05. The second-order valence-corrected chi connectivity index (χ2v) is 6.87. The number of nitrogens with one attached hydrogen (secondary N) is 2. The quantitative estimate of drug-likeness (QED) is 0.877. The molecule has 2 aromatic rings. The molecule has 24 heavy (non-hydrogen) atoms. The number of hydrogen-bond acceptors (Lipinski definition) is 3. The van der Waals surface area contributed by atoms with E-state index in [1.165, 1.54) is 12.8 Å². The zero-order valence-corrected chi connectivity index (χ0v) is 14.7. The lowest BCUT2D eigenvalue weighted by Gasteiger charge is -2.29. The Bertz CT molecular complexity index is 704. The smallest absolute Gasteiger partial charge is 0.254 e. The third-order valence-corrected chi connectivity index (χ3v) is 5.00. The highest BCUT2D eigenvalue weighted by Crippen LogP contribution is 2.27. The van der Waals surface area contributed by atoms with Crippen LogP contribution < -0.4 is 10.6 Å². The van der Waals surface area contributed by atoms with Gasteiger partial charge in [-0.15, -0.1) is 12.4 Å². The van der Waals surface area contributed by atoms with Crippen LogP contribution in [0.25, 0.3) is 5.69 Å². The van der Waals surface area contributed by atoms with Crippen molar-refractivity contribution in [3.8, 4) is 5.69 Å². The fraction of sp³-hybridized carbons (Fsp3) is 0.412. The summed E-state index contributed by atoms with van der Waals surface area (Å²) >= 11 is 5.89. The van der Waals surface area contributed by atoms with Crippen molar-refractivity contribution in [1.82, 2.24) is 20.4 Å². The van der Waals surface area contributed by atoms with Crippen molar-refractivity contribution >= 4 is 29.9 Å². The van der Waals surface area contributed by atoms with Crippen LogP contribution in [0.2, 0.25) is 5.02 Å². The summed E-state index contributed by atoms with van der Waals surface area (Å²) in [6.45, 7) is 0. The van der Waals surface area contributed by atoms with Gasteiger partial charge in [-0.2, -0.15) is 5.10 Å². The number of fused-ring (bicyclic) bond motifs is 2. The van der Waals surface area contributed by atoms with Gasteiger partial charge in [-0.25, -0.2) is 4.68 Å². The minimum absolute atomic E-state index is 0. The average Bonchev–Trinajstić information content (AvgIpc) is 3.15. The third-order valence-electron chi connectivity index (χ3n) is 4.74. The first-order valence-corrected chi connectivity index (χ1v) is 8.43. The Morgan fingerprint density at radius 1 is 1.21 bits per heavy atom. The molecule has 3 heterocycles. The number of carbonyl (C=O) groups excluding carboxylic acids is 1. The molecule has 2 atom stereocenters. The van der Waals surface area contributed by atoms with E-state index >= 15 is 0 Å². The molecule has 4 rings (SSSR count). The number of rotatable bonds is 3. The fourth-order valence-corrected chi connectivity index (χ4v) is 3.74. The highest BCUT2D eigenvalue weighted by Gasteiger charge is 2.34. The lowest BCUT2D eigenvalue weighted by Crippen LogP contribution is -2.47. The largest absolute Gasteiger partial charge is 0.349 e. The molecule has 1 amide bonds. The second-order valence-electron chi connectivity index (χ2n) is 6.43. The van der Waals surface area contributed by atoms with Crippen molar-refractivity contribution in [3.63, 3.8) is 0 Å². The van der Waals surface area contributed by atoms with Gasteiger partial charge in [0.25, 0.3) is 5.91 Å². The number of piperidine rings is 1. The minimum atomic E-state index is -0.0449. The summed E-state index contributed by atoms with van der Waals surface area (Å²) in [5, 5.41) is 11.7. The summed E-state index contributed by atoms with van der Waals surface area (Å²) in [7, 11) is 0. The summed E-state index contributed by atoms with van der Waals surface area (Å²) in [6, 6.07) is 8.77. The molecular formula is C17H20Cl2N4O. The van der Waals surface area contributed by atoms with Crippen LogP contribution in [0, 0.1) is 0 Å². The molecule has 2 aliphatic heterocycles. The Balaban J connectivity index is 0.00000169. The number of amides is 1. The van der Waals surface area contributed by atoms with E-state index in [2.05, 4.69) is 15.7 Å². The minimum Gasteiger partial charge on any atom is -0.349 e. The molecule has 2 bridgehead atoms. The van der Waals surface area contributed by atoms with Crippen LogP contribution in [0.4, 0.5) is 0 Å². The standard InChI is InChI=1S/C17H19ClN4O.ClH/c18-12-1-5-16(6-2-12)22-10-11(9-19-22)17(23)21-15-7-13-3-4-14(8-15)20-13;/h1-2,5-6,9-10,13-15,20H,3-4,7-8H2,(H,21,23);1H. The molecule has 5 nitrogen and oxygen atoms in total. The fourth-order valence-electron chi connectivity index (χ4n) is 3.62. The van der Waals surface area contributed by atoms with E-state index in [1.807, 2.05) is 24.3 Å². The first-order chi connectivity index (χ1) is 11.2. The lowest BCUT2D eigenvalue weighted by atomic mass is 9.99. The molecule has 2 saturated heterocycles. The van der Waals surface area contributed by atoms with Gasteiger partial charge in [0.1, 0.15) is 0 Å². The predicted molar refractivity (Wildman–Crippen MR) is 96.3 cm³/mol. The highest BCUT2D eigenvalue weighted by atomic mass is 35.5.